The van der Waals surface area contributed by atoms with Gasteiger partial charge in [-0.3, -0.25) is 9.59 Å². The first-order chi connectivity index (χ1) is 19.2. The summed E-state index contributed by atoms with van der Waals surface area (Å²) in [5.41, 5.74) is -2.60. The number of anilines is 5. The fourth-order valence-electron chi connectivity index (χ4n) is 4.73. The lowest BCUT2D eigenvalue weighted by molar-refractivity contribution is -0.141. The van der Waals surface area contributed by atoms with Crippen LogP contribution in [0.2, 0.25) is 0 Å². The minimum absolute atomic E-state index is 0. The molecule has 0 aliphatic carbocycles. The number of amides is 1. The van der Waals surface area contributed by atoms with Crippen molar-refractivity contribution >= 4 is 47.5 Å². The number of H-pyrrole nitrogens is 1. The van der Waals surface area contributed by atoms with Crippen molar-refractivity contribution in [3.8, 4) is 5.75 Å². The third-order valence-corrected chi connectivity index (χ3v) is 6.85. The van der Waals surface area contributed by atoms with Gasteiger partial charge in [0.2, 0.25) is 17.8 Å². The lowest BCUT2D eigenvalue weighted by Gasteiger charge is -2.30. The summed E-state index contributed by atoms with van der Waals surface area (Å²) in [7, 11) is 0. The Labute approximate surface area is 270 Å². The number of rotatable bonds is 6. The lowest BCUT2D eigenvalue weighted by Crippen LogP contribution is -2.34. The second kappa shape index (κ2) is 17.3. The topological polar surface area (TPSA) is 279 Å². The Kier molecular flexibility index (Phi) is 15.7. The number of alkyl halides is 3. The minimum atomic E-state index is -4.75. The van der Waals surface area contributed by atoms with E-state index in [4.69, 9.17) is 4.98 Å². The molecular formula is C26H50ClF3N12O3. The van der Waals surface area contributed by atoms with Crippen LogP contribution >= 0.6 is 12.4 Å². The Morgan fingerprint density at radius 3 is 1.84 bits per heavy atom. The van der Waals surface area contributed by atoms with Crippen LogP contribution in [-0.4, -0.2) is 57.1 Å². The third kappa shape index (κ3) is 9.88. The van der Waals surface area contributed by atoms with E-state index in [0.29, 0.717) is 29.6 Å². The summed E-state index contributed by atoms with van der Waals surface area (Å²) >= 11 is 0. The molecule has 3 aromatic rings. The molecule has 0 spiro atoms. The average molecular weight is 671 g/mol. The van der Waals surface area contributed by atoms with Gasteiger partial charge in [-0.1, -0.05) is 0 Å². The number of benzene rings is 1. The van der Waals surface area contributed by atoms with Gasteiger partial charge in [-0.05, 0) is 62.8 Å². The molecule has 0 unspecified atom stereocenters. The maximum absolute atomic E-state index is 12.8. The number of aromatic nitrogens is 4. The molecule has 1 aromatic carbocycles. The van der Waals surface area contributed by atoms with Crippen molar-refractivity contribution in [2.45, 2.75) is 44.7 Å². The van der Waals surface area contributed by atoms with Crippen LogP contribution in [0.5, 0.6) is 5.75 Å². The van der Waals surface area contributed by atoms with E-state index in [0.717, 1.165) is 57.9 Å². The number of carbonyl (C=O) groups excluding carboxylic acids is 1. The van der Waals surface area contributed by atoms with Crippen molar-refractivity contribution < 1.29 is 28.8 Å². The van der Waals surface area contributed by atoms with Crippen LogP contribution in [0.1, 0.15) is 60.3 Å². The fraction of sp³-hybridized carbons (Fsp3) is 0.423. The molecule has 4 heterocycles. The van der Waals surface area contributed by atoms with Crippen LogP contribution in [0.3, 0.4) is 0 Å². The van der Waals surface area contributed by atoms with Gasteiger partial charge in [-0.25, -0.2) is 0 Å². The van der Waals surface area contributed by atoms with Crippen molar-refractivity contribution in [3.05, 3.63) is 51.9 Å². The zero-order valence-electron chi connectivity index (χ0n) is 24.8. The monoisotopic (exact) mass is 670 g/mol. The Morgan fingerprint density at radius 1 is 0.844 bits per heavy atom. The van der Waals surface area contributed by atoms with Crippen LogP contribution in [0, 0.1) is 0 Å². The highest BCUT2D eigenvalue weighted by Crippen LogP contribution is 2.30. The van der Waals surface area contributed by atoms with E-state index < -0.39 is 28.9 Å². The molecule has 2 saturated heterocycles. The fourth-order valence-corrected chi connectivity index (χ4v) is 4.73. The maximum Gasteiger partial charge on any atom is 0.431 e. The highest BCUT2D eigenvalue weighted by Gasteiger charge is 2.32. The van der Waals surface area contributed by atoms with E-state index in [1.54, 1.807) is 11.1 Å². The molecule has 16 N–H and O–H groups in total. The number of hydrogen-bond donors (Lipinski definition) is 8. The lowest BCUT2D eigenvalue weighted by atomic mass is 10.1. The number of piperidine rings is 2. The number of nitrogens with one attached hydrogen (secondary N) is 3. The van der Waals surface area contributed by atoms with Crippen LogP contribution in [0.4, 0.5) is 42.4 Å². The average Bonchev–Trinajstić information content (AvgIpc) is 2.94. The van der Waals surface area contributed by atoms with E-state index in [2.05, 4.69) is 30.4 Å². The van der Waals surface area contributed by atoms with E-state index >= 15 is 0 Å². The van der Waals surface area contributed by atoms with E-state index in [1.807, 2.05) is 0 Å². The predicted molar refractivity (Wildman–Crippen MR) is 179 cm³/mol. The van der Waals surface area contributed by atoms with Gasteiger partial charge in [-0.15, -0.1) is 12.4 Å². The van der Waals surface area contributed by atoms with Gasteiger partial charge >= 0.3 is 6.18 Å². The summed E-state index contributed by atoms with van der Waals surface area (Å²) < 4.78 is 38.4. The second-order valence-electron chi connectivity index (χ2n) is 9.78. The molecule has 0 radical (unpaired) electrons. The molecule has 1 amide bonds. The summed E-state index contributed by atoms with van der Waals surface area (Å²) in [4.78, 5) is 44.5. The Morgan fingerprint density at radius 2 is 1.38 bits per heavy atom. The Balaban J connectivity index is -0.000000717. The molecule has 15 nitrogen and oxygen atoms in total. The molecule has 260 valence electrons. The van der Waals surface area contributed by atoms with E-state index in [9.17, 15) is 27.9 Å². The van der Waals surface area contributed by atoms with E-state index in [1.165, 1.54) is 25.0 Å². The first-order valence-corrected chi connectivity index (χ1v) is 13.2. The zero-order chi connectivity index (χ0) is 28.3. The summed E-state index contributed by atoms with van der Waals surface area (Å²) in [6, 6.07) is 5.69. The first kappa shape index (κ1) is 40.8. The van der Waals surface area contributed by atoms with Crippen molar-refractivity contribution in [3.63, 3.8) is 0 Å². The number of carbonyl (C=O) groups is 1. The number of phenols is 1. The number of pyridine rings is 1. The zero-order valence-corrected chi connectivity index (χ0v) is 25.6. The van der Waals surface area contributed by atoms with Crippen molar-refractivity contribution in [2.24, 2.45) is 0 Å². The number of nitrogens with zero attached hydrogens (tertiary/aromatic N) is 5. The molecular weight excluding hydrogens is 621 g/mol. The summed E-state index contributed by atoms with van der Waals surface area (Å²) in [6.45, 7) is 3.44. The molecule has 2 aliphatic rings. The normalized spacial score (nSPS) is 14.3. The van der Waals surface area contributed by atoms with Crippen LogP contribution in [0.25, 0.3) is 0 Å². The van der Waals surface area contributed by atoms with Crippen molar-refractivity contribution in [2.75, 3.05) is 46.6 Å². The Bertz CT molecular complexity index is 1430. The van der Waals surface area contributed by atoms with Crippen LogP contribution in [-0.2, 0) is 6.18 Å². The smallest absolute Gasteiger partial charge is 0.431 e. The van der Waals surface area contributed by atoms with Gasteiger partial charge in [0.05, 0.1) is 5.69 Å². The second-order valence-corrected chi connectivity index (χ2v) is 9.78. The van der Waals surface area contributed by atoms with Crippen LogP contribution in [0.15, 0.2) is 35.1 Å². The number of aromatic amines is 1. The molecule has 0 atom stereocenters. The Hall–Kier alpha value is -4.23. The molecule has 2 aliphatic heterocycles. The number of aromatic hydroxyl groups is 1. The summed E-state index contributed by atoms with van der Waals surface area (Å²) in [5, 5.41) is 16.0. The van der Waals surface area contributed by atoms with Crippen molar-refractivity contribution in [1.82, 2.24) is 44.5 Å². The van der Waals surface area contributed by atoms with Gasteiger partial charge in [0.1, 0.15) is 17.0 Å². The van der Waals surface area contributed by atoms with Gasteiger partial charge in [-0.2, -0.15) is 28.1 Å². The van der Waals surface area contributed by atoms with Gasteiger partial charge < -0.3 is 55.1 Å². The molecule has 19 heteroatoms. The SMILES string of the molecule is Cl.N.N.N.N.O=C(Nc1ccc(Nc2nc(N3CCCCC3)nc(N3CCCCC3)n2)cc1O)c1ccc(C(F)(F)F)[nH]c1=O.[HH].[HH].[HH].[HH]. The molecule has 2 fully saturated rings. The number of phenolic OH excluding ortho intramolecular Hbond substituents is 1. The molecule has 45 heavy (non-hydrogen) atoms. The van der Waals surface area contributed by atoms with E-state index in [-0.39, 0.29) is 54.2 Å². The largest absolute Gasteiger partial charge is 0.506 e. The standard InChI is InChI=1S/C26H29F3N8O3.ClH.4H3N.4H2/c27-26(28,29)20-10-8-17(22(40)32-20)21(39)31-18-9-7-16(15-19(18)38)30-23-33-24(36-11-3-1-4-12-36)35-25(34-23)37-13-5-2-6-14-37;;;;;;;;;/h7-10,15,38H,1-6,11-14H2,(H,31,39)(H,32,40)(H,30,33,34,35);1H;4*1H3;4*1H. The van der Waals surface area contributed by atoms with Crippen LogP contribution < -0.4 is 50.6 Å². The molecule has 5 rings (SSSR count). The highest BCUT2D eigenvalue weighted by atomic mass is 35.5. The molecule has 0 saturated carbocycles. The first-order valence-electron chi connectivity index (χ1n) is 13.2. The summed E-state index contributed by atoms with van der Waals surface area (Å²) in [6.07, 6.45) is 1.83. The third-order valence-electron chi connectivity index (χ3n) is 6.85. The van der Waals surface area contributed by atoms with Gasteiger partial charge in [0.25, 0.3) is 11.5 Å². The molecule has 0 bridgehead atoms. The molecule has 2 aromatic heterocycles. The predicted octanol–water partition coefficient (Wildman–Crippen LogP) is 6.31. The summed E-state index contributed by atoms with van der Waals surface area (Å²) in [5.74, 6) is 0.188. The quantitative estimate of drug-likeness (QED) is 0.133. The minimum Gasteiger partial charge on any atom is -0.506 e. The van der Waals surface area contributed by atoms with Crippen molar-refractivity contribution in [1.29, 1.82) is 0 Å². The number of hydrogen-bond acceptors (Lipinski definition) is 13. The highest BCUT2D eigenvalue weighted by molar-refractivity contribution is 6.04. The van der Waals surface area contributed by atoms with Gasteiger partial charge in [0.15, 0.2) is 0 Å². The number of halogens is 4. The maximum atomic E-state index is 12.8. The van der Waals surface area contributed by atoms with Gasteiger partial charge in [0, 0.05) is 43.6 Å².